The first-order chi connectivity index (χ1) is 14.8. The number of hydrogen-bond acceptors (Lipinski definition) is 4. The minimum Gasteiger partial charge on any atom is -0.497 e. The summed E-state index contributed by atoms with van der Waals surface area (Å²) in [6.07, 6.45) is -0.334. The molecule has 0 bridgehead atoms. The molecule has 1 atom stereocenters. The van der Waals surface area contributed by atoms with Gasteiger partial charge in [0.2, 0.25) is 0 Å². The Kier molecular flexibility index (Phi) is 5.38. The Morgan fingerprint density at radius 3 is 2.58 bits per heavy atom. The number of benzene rings is 3. The van der Waals surface area contributed by atoms with Gasteiger partial charge >= 0.3 is 0 Å². The summed E-state index contributed by atoms with van der Waals surface area (Å²) in [5.41, 5.74) is 2.75. The van der Waals surface area contributed by atoms with Gasteiger partial charge in [0.15, 0.2) is 11.4 Å². The number of nitrogens with zero attached hydrogens (tertiary/aromatic N) is 1. The van der Waals surface area contributed by atoms with Gasteiger partial charge in [-0.05, 0) is 43.2 Å². The maximum absolute atomic E-state index is 13.5. The summed E-state index contributed by atoms with van der Waals surface area (Å²) in [6.45, 7) is 4.34. The van der Waals surface area contributed by atoms with Crippen LogP contribution in [-0.4, -0.2) is 23.9 Å². The number of anilines is 1. The summed E-state index contributed by atoms with van der Waals surface area (Å²) < 4.78 is 5.19. The molecule has 1 amide bonds. The Morgan fingerprint density at radius 1 is 1.03 bits per heavy atom. The molecule has 3 aromatic rings. The molecular formula is C26H25NO4. The van der Waals surface area contributed by atoms with Gasteiger partial charge in [0, 0.05) is 11.1 Å². The van der Waals surface area contributed by atoms with Crippen LogP contribution in [0.4, 0.5) is 5.69 Å². The van der Waals surface area contributed by atoms with Gasteiger partial charge in [-0.25, -0.2) is 0 Å². The summed E-state index contributed by atoms with van der Waals surface area (Å²) in [6, 6.07) is 20.0. The van der Waals surface area contributed by atoms with Gasteiger partial charge in [0.25, 0.3) is 5.91 Å². The smallest absolute Gasteiger partial charge is 0.264 e. The fourth-order valence-electron chi connectivity index (χ4n) is 4.11. The highest BCUT2D eigenvalue weighted by Crippen LogP contribution is 2.43. The van der Waals surface area contributed by atoms with E-state index in [2.05, 4.69) is 0 Å². The predicted molar refractivity (Wildman–Crippen MR) is 119 cm³/mol. The largest absolute Gasteiger partial charge is 0.497 e. The number of amides is 1. The van der Waals surface area contributed by atoms with Crippen LogP contribution in [0.2, 0.25) is 0 Å². The van der Waals surface area contributed by atoms with Gasteiger partial charge in [-0.2, -0.15) is 0 Å². The molecule has 1 aliphatic heterocycles. The topological polar surface area (TPSA) is 66.8 Å². The van der Waals surface area contributed by atoms with E-state index < -0.39 is 11.5 Å². The minimum absolute atomic E-state index is 0.321. The van der Waals surface area contributed by atoms with Crippen molar-refractivity contribution in [2.75, 3.05) is 12.0 Å². The standard InChI is InChI=1S/C26H25NO4/c1-17-11-12-18(2)20(13-17)16-27-23-10-5-4-9-22(23)26(30,25(27)29)15-24(28)19-7-6-8-21(14-19)31-3/h4-14,30H,15-16H2,1-3H3. The number of rotatable bonds is 6. The molecule has 1 N–H and O–H groups in total. The average molecular weight is 415 g/mol. The second-order valence-corrected chi connectivity index (χ2v) is 8.03. The number of carbonyl (C=O) groups is 2. The first-order valence-electron chi connectivity index (χ1n) is 10.2. The minimum atomic E-state index is -1.91. The Morgan fingerprint density at radius 2 is 1.81 bits per heavy atom. The average Bonchev–Trinajstić information content (AvgIpc) is 2.98. The van der Waals surface area contributed by atoms with Crippen LogP contribution in [0.3, 0.4) is 0 Å². The number of Topliss-reactive ketones (excluding diaryl/α,β-unsaturated/α-hetero) is 1. The molecule has 5 nitrogen and oxygen atoms in total. The second-order valence-electron chi connectivity index (χ2n) is 8.03. The number of ether oxygens (including phenoxy) is 1. The third-order valence-corrected chi connectivity index (χ3v) is 5.88. The highest BCUT2D eigenvalue weighted by molar-refractivity contribution is 6.10. The molecule has 3 aromatic carbocycles. The number of carbonyl (C=O) groups excluding carboxylic acids is 2. The molecule has 0 aliphatic carbocycles. The molecule has 5 heteroatoms. The quantitative estimate of drug-likeness (QED) is 0.609. The van der Waals surface area contributed by atoms with E-state index in [9.17, 15) is 14.7 Å². The lowest BCUT2D eigenvalue weighted by molar-refractivity contribution is -0.136. The van der Waals surface area contributed by atoms with Crippen molar-refractivity contribution in [3.8, 4) is 5.75 Å². The van der Waals surface area contributed by atoms with Crippen molar-refractivity contribution in [1.29, 1.82) is 0 Å². The van der Waals surface area contributed by atoms with E-state index >= 15 is 0 Å². The van der Waals surface area contributed by atoms with Crippen molar-refractivity contribution < 1.29 is 19.4 Å². The van der Waals surface area contributed by atoms with E-state index in [4.69, 9.17) is 4.74 Å². The van der Waals surface area contributed by atoms with Crippen LogP contribution >= 0.6 is 0 Å². The molecule has 0 aromatic heterocycles. The van der Waals surface area contributed by atoms with Gasteiger partial charge < -0.3 is 14.7 Å². The number of fused-ring (bicyclic) bond motifs is 1. The fraction of sp³-hybridized carbons (Fsp3) is 0.231. The van der Waals surface area contributed by atoms with Gasteiger partial charge in [-0.3, -0.25) is 9.59 Å². The van der Waals surface area contributed by atoms with E-state index in [-0.39, 0.29) is 12.2 Å². The predicted octanol–water partition coefficient (Wildman–Crippen LogP) is 4.32. The van der Waals surface area contributed by atoms with E-state index in [1.165, 1.54) is 7.11 Å². The third-order valence-electron chi connectivity index (χ3n) is 5.88. The zero-order chi connectivity index (χ0) is 22.2. The Hall–Kier alpha value is -3.44. The molecule has 1 heterocycles. The van der Waals surface area contributed by atoms with Crippen LogP contribution in [0.15, 0.2) is 66.7 Å². The summed E-state index contributed by atoms with van der Waals surface area (Å²) in [5.74, 6) is -0.253. The summed E-state index contributed by atoms with van der Waals surface area (Å²) in [7, 11) is 1.53. The van der Waals surface area contributed by atoms with Crippen LogP contribution in [0.1, 0.15) is 39.0 Å². The maximum atomic E-state index is 13.5. The van der Waals surface area contributed by atoms with Gasteiger partial charge in [-0.15, -0.1) is 0 Å². The molecule has 0 fully saturated rings. The zero-order valence-electron chi connectivity index (χ0n) is 17.9. The van der Waals surface area contributed by atoms with E-state index in [1.54, 1.807) is 41.3 Å². The van der Waals surface area contributed by atoms with Crippen molar-refractivity contribution in [2.24, 2.45) is 0 Å². The first-order valence-corrected chi connectivity index (χ1v) is 10.2. The highest BCUT2D eigenvalue weighted by Gasteiger charge is 2.50. The summed E-state index contributed by atoms with van der Waals surface area (Å²) >= 11 is 0. The first kappa shape index (κ1) is 20.8. The third kappa shape index (κ3) is 3.73. The normalized spacial score (nSPS) is 17.5. The SMILES string of the molecule is COc1cccc(C(=O)CC2(O)C(=O)N(Cc3cc(C)ccc3C)c3ccccc32)c1. The van der Waals surface area contributed by atoms with Gasteiger partial charge in [-0.1, -0.05) is 54.1 Å². The lowest BCUT2D eigenvalue weighted by Crippen LogP contribution is -2.41. The van der Waals surface area contributed by atoms with Crippen molar-refractivity contribution in [1.82, 2.24) is 0 Å². The Balaban J connectivity index is 1.69. The lowest BCUT2D eigenvalue weighted by Gasteiger charge is -2.23. The molecule has 1 unspecified atom stereocenters. The Labute approximate surface area is 181 Å². The monoisotopic (exact) mass is 415 g/mol. The molecule has 0 spiro atoms. The van der Waals surface area contributed by atoms with Gasteiger partial charge in [0.1, 0.15) is 5.75 Å². The number of ketones is 1. The number of aliphatic hydroxyl groups is 1. The zero-order valence-corrected chi connectivity index (χ0v) is 17.9. The number of hydrogen-bond donors (Lipinski definition) is 1. The van der Waals surface area contributed by atoms with Gasteiger partial charge in [0.05, 0.1) is 25.8 Å². The molecule has 158 valence electrons. The number of methoxy groups -OCH3 is 1. The van der Waals surface area contributed by atoms with Crippen LogP contribution in [-0.2, 0) is 16.9 Å². The molecule has 0 saturated heterocycles. The van der Waals surface area contributed by atoms with E-state index in [1.807, 2.05) is 44.2 Å². The van der Waals surface area contributed by atoms with Crippen LogP contribution in [0.25, 0.3) is 0 Å². The van der Waals surface area contributed by atoms with Crippen molar-refractivity contribution >= 4 is 17.4 Å². The van der Waals surface area contributed by atoms with E-state index in [0.29, 0.717) is 29.1 Å². The molecule has 0 saturated carbocycles. The lowest BCUT2D eigenvalue weighted by atomic mass is 9.88. The van der Waals surface area contributed by atoms with Crippen molar-refractivity contribution in [3.05, 3.63) is 94.5 Å². The van der Waals surface area contributed by atoms with Crippen LogP contribution in [0, 0.1) is 13.8 Å². The summed E-state index contributed by atoms with van der Waals surface area (Å²) in [5, 5.41) is 11.5. The number of aryl methyl sites for hydroxylation is 2. The van der Waals surface area contributed by atoms with Crippen LogP contribution < -0.4 is 9.64 Å². The molecule has 0 radical (unpaired) electrons. The summed E-state index contributed by atoms with van der Waals surface area (Å²) in [4.78, 5) is 28.1. The van der Waals surface area contributed by atoms with E-state index in [0.717, 1.165) is 16.7 Å². The number of para-hydroxylation sites is 1. The molecular weight excluding hydrogens is 390 g/mol. The fourth-order valence-corrected chi connectivity index (χ4v) is 4.11. The van der Waals surface area contributed by atoms with Crippen LogP contribution in [0.5, 0.6) is 5.75 Å². The molecule has 1 aliphatic rings. The maximum Gasteiger partial charge on any atom is 0.264 e. The molecule has 31 heavy (non-hydrogen) atoms. The molecule has 4 rings (SSSR count). The highest BCUT2D eigenvalue weighted by atomic mass is 16.5. The second kappa shape index (κ2) is 8.00. The van der Waals surface area contributed by atoms with Crippen molar-refractivity contribution in [3.63, 3.8) is 0 Å². The Bertz CT molecular complexity index is 1170. The van der Waals surface area contributed by atoms with Crippen molar-refractivity contribution in [2.45, 2.75) is 32.4 Å².